The molecule has 0 spiro atoms. The van der Waals surface area contributed by atoms with E-state index in [-0.39, 0.29) is 9.52 Å². The Morgan fingerprint density at radius 1 is 1.00 bits per heavy atom. The van der Waals surface area contributed by atoms with Gasteiger partial charge in [0, 0.05) is 9.52 Å². The molecule has 0 fully saturated rings. The topological polar surface area (TPSA) is 0 Å². The summed E-state index contributed by atoms with van der Waals surface area (Å²) < 4.78 is 0. The third kappa shape index (κ3) is 6.31. The predicted molar refractivity (Wildman–Crippen MR) is 66.4 cm³/mol. The van der Waals surface area contributed by atoms with Crippen molar-refractivity contribution in [3.63, 3.8) is 0 Å². The Morgan fingerprint density at radius 3 is 2.00 bits per heavy atom. The highest BCUT2D eigenvalue weighted by atomic mass is 28.2. The van der Waals surface area contributed by atoms with Gasteiger partial charge < -0.3 is 0 Å². The molecule has 0 aromatic heterocycles. The molecule has 0 amide bonds. The third-order valence-corrected chi connectivity index (χ3v) is 5.35. The first kappa shape index (κ1) is 13.2. The Labute approximate surface area is 87.3 Å². The maximum absolute atomic E-state index is 2.38. The van der Waals surface area contributed by atoms with Gasteiger partial charge in [-0.1, -0.05) is 71.4 Å². The van der Waals surface area contributed by atoms with Crippen LogP contribution in [0.3, 0.4) is 0 Å². The maximum atomic E-state index is 2.38. The Morgan fingerprint density at radius 2 is 1.62 bits per heavy atom. The van der Waals surface area contributed by atoms with E-state index in [2.05, 4.69) is 27.7 Å². The first-order valence-corrected chi connectivity index (χ1v) is 8.09. The van der Waals surface area contributed by atoms with Crippen LogP contribution in [0, 0.1) is 5.92 Å². The van der Waals surface area contributed by atoms with E-state index in [4.69, 9.17) is 0 Å². The molecule has 0 aliphatic rings. The van der Waals surface area contributed by atoms with Crippen LogP contribution in [-0.4, -0.2) is 9.52 Å². The number of rotatable bonds is 8. The lowest BCUT2D eigenvalue weighted by Crippen LogP contribution is -2.08. The highest BCUT2D eigenvalue weighted by Gasteiger charge is 2.12. The Bertz CT molecular complexity index is 91.3. The Hall–Kier alpha value is 0.217. The summed E-state index contributed by atoms with van der Waals surface area (Å²) in [6, 6.07) is 1.50. The van der Waals surface area contributed by atoms with Crippen LogP contribution >= 0.6 is 0 Å². The van der Waals surface area contributed by atoms with Crippen molar-refractivity contribution in [1.82, 2.24) is 0 Å². The molecule has 1 atom stereocenters. The van der Waals surface area contributed by atoms with Crippen LogP contribution < -0.4 is 0 Å². The van der Waals surface area contributed by atoms with Crippen molar-refractivity contribution in [2.75, 3.05) is 0 Å². The van der Waals surface area contributed by atoms with Gasteiger partial charge in [-0.25, -0.2) is 0 Å². The summed E-state index contributed by atoms with van der Waals surface area (Å²) in [7, 11) is 0.263. The minimum absolute atomic E-state index is 0.263. The summed E-state index contributed by atoms with van der Waals surface area (Å²) in [5.74, 6) is 1.02. The van der Waals surface area contributed by atoms with E-state index in [0.29, 0.717) is 0 Å². The highest BCUT2D eigenvalue weighted by Crippen LogP contribution is 2.26. The van der Waals surface area contributed by atoms with Crippen LogP contribution in [0.25, 0.3) is 0 Å². The zero-order valence-corrected chi connectivity index (χ0v) is 11.5. The van der Waals surface area contributed by atoms with Crippen LogP contribution in [0.2, 0.25) is 11.6 Å². The molecule has 0 nitrogen and oxygen atoms in total. The minimum Gasteiger partial charge on any atom is -0.0683 e. The van der Waals surface area contributed by atoms with Crippen LogP contribution in [0.1, 0.15) is 59.8 Å². The molecule has 0 aliphatic carbocycles. The van der Waals surface area contributed by atoms with E-state index in [9.17, 15) is 0 Å². The van der Waals surface area contributed by atoms with Gasteiger partial charge in [-0.2, -0.15) is 0 Å². The fourth-order valence-corrected chi connectivity index (χ4v) is 4.51. The molecule has 1 heteroatoms. The third-order valence-electron chi connectivity index (χ3n) is 3.22. The van der Waals surface area contributed by atoms with Crippen molar-refractivity contribution in [2.45, 2.75) is 71.4 Å². The van der Waals surface area contributed by atoms with Gasteiger partial charge in [-0.05, 0) is 5.92 Å². The smallest absolute Gasteiger partial charge is 0.0229 e. The van der Waals surface area contributed by atoms with Crippen LogP contribution in [-0.2, 0) is 0 Å². The van der Waals surface area contributed by atoms with Gasteiger partial charge >= 0.3 is 0 Å². The zero-order chi connectivity index (χ0) is 10.1. The summed E-state index contributed by atoms with van der Waals surface area (Å²) in [6.45, 7) is 9.42. The molecule has 13 heavy (non-hydrogen) atoms. The molecule has 1 unspecified atom stereocenters. The lowest BCUT2D eigenvalue weighted by Gasteiger charge is -2.20. The Balaban J connectivity index is 3.76. The van der Waals surface area contributed by atoms with E-state index in [1.807, 2.05) is 0 Å². The molecule has 0 radical (unpaired) electrons. The molecule has 0 N–H and O–H groups in total. The lowest BCUT2D eigenvalue weighted by molar-refractivity contribution is 0.431. The molecule has 0 heterocycles. The largest absolute Gasteiger partial charge is 0.0683 e. The van der Waals surface area contributed by atoms with E-state index < -0.39 is 0 Å². The lowest BCUT2D eigenvalue weighted by atomic mass is 9.96. The molecule has 0 aromatic carbocycles. The highest BCUT2D eigenvalue weighted by molar-refractivity contribution is 6.37. The monoisotopic (exact) mass is 200 g/mol. The summed E-state index contributed by atoms with van der Waals surface area (Å²) in [6.07, 6.45) is 7.25. The maximum Gasteiger partial charge on any atom is 0.0229 e. The van der Waals surface area contributed by atoms with Crippen molar-refractivity contribution in [3.05, 3.63) is 0 Å². The van der Waals surface area contributed by atoms with Gasteiger partial charge in [0.2, 0.25) is 0 Å². The molecule has 0 aliphatic heterocycles. The average Bonchev–Trinajstić information content (AvgIpc) is 2.14. The fraction of sp³-hybridized carbons (Fsp3) is 1.00. The van der Waals surface area contributed by atoms with Gasteiger partial charge in [0.05, 0.1) is 0 Å². The first-order chi connectivity index (χ1) is 6.28. The summed E-state index contributed by atoms with van der Waals surface area (Å²) in [5.41, 5.74) is 1.15. The normalized spacial score (nSPS) is 14.5. The van der Waals surface area contributed by atoms with Crippen LogP contribution in [0.4, 0.5) is 0 Å². The quantitative estimate of drug-likeness (QED) is 0.519. The van der Waals surface area contributed by atoms with Crippen molar-refractivity contribution >= 4 is 9.52 Å². The van der Waals surface area contributed by atoms with Gasteiger partial charge in [-0.3, -0.25) is 0 Å². The number of hydrogen-bond donors (Lipinski definition) is 0. The molecule has 80 valence electrons. The second-order valence-electron chi connectivity index (χ2n) is 4.36. The van der Waals surface area contributed by atoms with Gasteiger partial charge in [0.25, 0.3) is 0 Å². The summed E-state index contributed by atoms with van der Waals surface area (Å²) in [5, 5.41) is 0. The van der Waals surface area contributed by atoms with E-state index in [0.717, 1.165) is 11.5 Å². The summed E-state index contributed by atoms with van der Waals surface area (Å²) >= 11 is 0. The minimum atomic E-state index is 0.263. The second-order valence-corrected chi connectivity index (χ2v) is 7.09. The standard InChI is InChI=1S/C12H28Si/c1-5-9-12(13-8-4)10-11(6-2)7-3/h11-12H,5-10,13H2,1-4H3. The fourth-order valence-electron chi connectivity index (χ4n) is 2.29. The SMILES string of the molecule is CCCC(CC(CC)CC)[SiH2]CC. The van der Waals surface area contributed by atoms with Crippen LogP contribution in [0.5, 0.6) is 0 Å². The van der Waals surface area contributed by atoms with E-state index in [1.165, 1.54) is 31.7 Å². The van der Waals surface area contributed by atoms with Crippen molar-refractivity contribution < 1.29 is 0 Å². The van der Waals surface area contributed by atoms with Crippen molar-refractivity contribution in [2.24, 2.45) is 5.92 Å². The van der Waals surface area contributed by atoms with Crippen LogP contribution in [0.15, 0.2) is 0 Å². The molecular formula is C12H28Si. The average molecular weight is 200 g/mol. The van der Waals surface area contributed by atoms with Gasteiger partial charge in [0.1, 0.15) is 0 Å². The number of hydrogen-bond acceptors (Lipinski definition) is 0. The van der Waals surface area contributed by atoms with Crippen molar-refractivity contribution in [3.8, 4) is 0 Å². The molecule has 0 bridgehead atoms. The van der Waals surface area contributed by atoms with E-state index >= 15 is 0 Å². The second kappa shape index (κ2) is 8.80. The zero-order valence-electron chi connectivity index (χ0n) is 10.1. The Kier molecular flexibility index (Phi) is 8.95. The van der Waals surface area contributed by atoms with Gasteiger partial charge in [0.15, 0.2) is 0 Å². The van der Waals surface area contributed by atoms with E-state index in [1.54, 1.807) is 6.42 Å². The summed E-state index contributed by atoms with van der Waals surface area (Å²) in [4.78, 5) is 0. The molecular weight excluding hydrogens is 172 g/mol. The van der Waals surface area contributed by atoms with Crippen molar-refractivity contribution in [1.29, 1.82) is 0 Å². The molecule has 0 aromatic rings. The molecule has 0 saturated carbocycles. The first-order valence-electron chi connectivity index (χ1n) is 6.28. The molecule has 0 rings (SSSR count). The predicted octanol–water partition coefficient (Wildman–Crippen LogP) is 4.01. The van der Waals surface area contributed by atoms with Gasteiger partial charge in [-0.15, -0.1) is 0 Å². The molecule has 0 saturated heterocycles.